The number of aliphatic carboxylic acids is 1. The Morgan fingerprint density at radius 3 is 2.79 bits per heavy atom. The van der Waals surface area contributed by atoms with Crippen molar-refractivity contribution in [1.82, 2.24) is 0 Å². The first-order chi connectivity index (χ1) is 6.54. The average Bonchev–Trinajstić information content (AvgIpc) is 2.09. The summed E-state index contributed by atoms with van der Waals surface area (Å²) in [7, 11) is 0. The number of nitriles is 1. The van der Waals surface area contributed by atoms with Crippen molar-refractivity contribution < 1.29 is 14.3 Å². The summed E-state index contributed by atoms with van der Waals surface area (Å²) in [6.45, 7) is 1.60. The fourth-order valence-electron chi connectivity index (χ4n) is 1.14. The maximum Gasteiger partial charge on any atom is 0.307 e. The van der Waals surface area contributed by atoms with Crippen LogP contribution in [0.1, 0.15) is 16.7 Å². The van der Waals surface area contributed by atoms with Crippen LogP contribution in [0.2, 0.25) is 0 Å². The van der Waals surface area contributed by atoms with Crippen LogP contribution in [0.25, 0.3) is 0 Å². The van der Waals surface area contributed by atoms with Crippen LogP contribution >= 0.6 is 0 Å². The maximum absolute atomic E-state index is 13.2. The predicted molar refractivity (Wildman–Crippen MR) is 47.2 cm³/mol. The van der Waals surface area contributed by atoms with Gasteiger partial charge in [0.2, 0.25) is 0 Å². The number of benzene rings is 1. The zero-order valence-corrected chi connectivity index (χ0v) is 7.54. The van der Waals surface area contributed by atoms with E-state index in [1.165, 1.54) is 12.1 Å². The minimum Gasteiger partial charge on any atom is -0.481 e. The molecule has 0 aliphatic heterocycles. The van der Waals surface area contributed by atoms with E-state index in [0.29, 0.717) is 11.1 Å². The van der Waals surface area contributed by atoms with Gasteiger partial charge >= 0.3 is 5.97 Å². The van der Waals surface area contributed by atoms with Gasteiger partial charge in [-0.1, -0.05) is 0 Å². The van der Waals surface area contributed by atoms with Crippen molar-refractivity contribution in [3.05, 3.63) is 34.6 Å². The minimum absolute atomic E-state index is 0.0413. The Morgan fingerprint density at radius 2 is 2.29 bits per heavy atom. The molecule has 0 aromatic heterocycles. The molecule has 0 aliphatic rings. The number of aryl methyl sites for hydroxylation is 1. The number of halogens is 1. The average molecular weight is 193 g/mol. The van der Waals surface area contributed by atoms with Gasteiger partial charge in [0.1, 0.15) is 5.82 Å². The number of rotatable bonds is 2. The predicted octanol–water partition coefficient (Wildman–Crippen LogP) is 1.63. The highest BCUT2D eigenvalue weighted by molar-refractivity contribution is 5.70. The number of carbonyl (C=O) groups is 1. The van der Waals surface area contributed by atoms with E-state index in [1.54, 1.807) is 6.92 Å². The van der Waals surface area contributed by atoms with Gasteiger partial charge in [0.25, 0.3) is 0 Å². The number of hydrogen-bond donors (Lipinski definition) is 1. The van der Waals surface area contributed by atoms with Crippen LogP contribution in [-0.2, 0) is 11.2 Å². The molecule has 72 valence electrons. The highest BCUT2D eigenvalue weighted by Gasteiger charge is 2.09. The Bertz CT molecular complexity index is 421. The fraction of sp³-hybridized carbons (Fsp3) is 0.200. The molecule has 0 bridgehead atoms. The van der Waals surface area contributed by atoms with Crippen molar-refractivity contribution in [2.75, 3.05) is 0 Å². The van der Waals surface area contributed by atoms with Crippen LogP contribution in [0, 0.1) is 24.1 Å². The molecule has 1 rings (SSSR count). The normalized spacial score (nSPS) is 9.50. The molecule has 0 spiro atoms. The zero-order valence-electron chi connectivity index (χ0n) is 7.54. The summed E-state index contributed by atoms with van der Waals surface area (Å²) < 4.78 is 13.2. The molecule has 1 aromatic carbocycles. The Morgan fingerprint density at radius 1 is 1.64 bits per heavy atom. The Balaban J connectivity index is 3.19. The van der Waals surface area contributed by atoms with Gasteiger partial charge in [-0.25, -0.2) is 4.39 Å². The third-order valence-electron chi connectivity index (χ3n) is 1.86. The van der Waals surface area contributed by atoms with Crippen molar-refractivity contribution in [3.63, 3.8) is 0 Å². The van der Waals surface area contributed by atoms with Gasteiger partial charge in [0.05, 0.1) is 18.1 Å². The first-order valence-electron chi connectivity index (χ1n) is 3.95. The summed E-state index contributed by atoms with van der Waals surface area (Å²) in [5.74, 6) is -1.69. The molecule has 0 atom stereocenters. The molecule has 0 saturated carbocycles. The second-order valence-electron chi connectivity index (χ2n) is 2.94. The van der Waals surface area contributed by atoms with Crippen molar-refractivity contribution in [3.8, 4) is 6.07 Å². The van der Waals surface area contributed by atoms with Crippen LogP contribution in [0.5, 0.6) is 0 Å². The Labute approximate surface area is 80.4 Å². The Kier molecular flexibility index (Phi) is 2.82. The molecule has 1 aromatic rings. The van der Waals surface area contributed by atoms with Gasteiger partial charge in [-0.05, 0) is 24.6 Å². The SMILES string of the molecule is Cc1cc(F)c(CC(=O)O)cc1C#N. The van der Waals surface area contributed by atoms with Crippen molar-refractivity contribution >= 4 is 5.97 Å². The van der Waals surface area contributed by atoms with Crippen LogP contribution in [0.4, 0.5) is 4.39 Å². The molecule has 0 aliphatic carbocycles. The number of hydrogen-bond acceptors (Lipinski definition) is 2. The largest absolute Gasteiger partial charge is 0.481 e. The fourth-order valence-corrected chi connectivity index (χ4v) is 1.14. The van der Waals surface area contributed by atoms with Crippen molar-refractivity contribution in [1.29, 1.82) is 5.26 Å². The topological polar surface area (TPSA) is 61.1 Å². The lowest BCUT2D eigenvalue weighted by molar-refractivity contribution is -0.136. The zero-order chi connectivity index (χ0) is 10.7. The summed E-state index contributed by atoms with van der Waals surface area (Å²) in [6.07, 6.45) is -0.402. The summed E-state index contributed by atoms with van der Waals surface area (Å²) in [6, 6.07) is 4.33. The van der Waals surface area contributed by atoms with Crippen LogP contribution in [-0.4, -0.2) is 11.1 Å². The molecule has 14 heavy (non-hydrogen) atoms. The quantitative estimate of drug-likeness (QED) is 0.776. The molecule has 0 amide bonds. The molecule has 3 nitrogen and oxygen atoms in total. The molecule has 0 unspecified atom stereocenters. The first-order valence-corrected chi connectivity index (χ1v) is 3.95. The molecule has 0 radical (unpaired) electrons. The van der Waals surface area contributed by atoms with Gasteiger partial charge in [0, 0.05) is 5.56 Å². The monoisotopic (exact) mass is 193 g/mol. The number of carboxylic acid groups (broad SMARTS) is 1. The highest BCUT2D eigenvalue weighted by Crippen LogP contribution is 2.15. The van der Waals surface area contributed by atoms with Gasteiger partial charge in [-0.15, -0.1) is 0 Å². The van der Waals surface area contributed by atoms with E-state index < -0.39 is 18.2 Å². The minimum atomic E-state index is -1.11. The van der Waals surface area contributed by atoms with E-state index in [1.807, 2.05) is 6.07 Å². The Hall–Kier alpha value is -1.89. The van der Waals surface area contributed by atoms with E-state index >= 15 is 0 Å². The second kappa shape index (κ2) is 3.88. The van der Waals surface area contributed by atoms with E-state index in [2.05, 4.69) is 0 Å². The van der Waals surface area contributed by atoms with Gasteiger partial charge < -0.3 is 5.11 Å². The molecule has 0 heterocycles. The van der Waals surface area contributed by atoms with Crippen molar-refractivity contribution in [2.24, 2.45) is 0 Å². The third-order valence-corrected chi connectivity index (χ3v) is 1.86. The summed E-state index contributed by atoms with van der Waals surface area (Å²) >= 11 is 0. The van der Waals surface area contributed by atoms with Crippen LogP contribution < -0.4 is 0 Å². The lowest BCUT2D eigenvalue weighted by atomic mass is 10.0. The molecule has 0 saturated heterocycles. The standard InChI is InChI=1S/C10H8FNO2/c1-6-2-9(11)7(4-10(13)14)3-8(6)5-12/h2-3H,4H2,1H3,(H,13,14). The molecular formula is C10H8FNO2. The van der Waals surface area contributed by atoms with Crippen molar-refractivity contribution in [2.45, 2.75) is 13.3 Å². The first kappa shape index (κ1) is 10.2. The molecule has 4 heteroatoms. The number of nitrogens with zero attached hydrogens (tertiary/aromatic N) is 1. The molecular weight excluding hydrogens is 185 g/mol. The van der Waals surface area contributed by atoms with Crippen LogP contribution in [0.15, 0.2) is 12.1 Å². The third kappa shape index (κ3) is 2.07. The van der Waals surface area contributed by atoms with Gasteiger partial charge in [0.15, 0.2) is 0 Å². The van der Waals surface area contributed by atoms with E-state index in [0.717, 1.165) is 0 Å². The van der Waals surface area contributed by atoms with E-state index in [-0.39, 0.29) is 5.56 Å². The second-order valence-corrected chi connectivity index (χ2v) is 2.94. The maximum atomic E-state index is 13.2. The smallest absolute Gasteiger partial charge is 0.307 e. The highest BCUT2D eigenvalue weighted by atomic mass is 19.1. The number of carboxylic acids is 1. The molecule has 1 N–H and O–H groups in total. The lowest BCUT2D eigenvalue weighted by Gasteiger charge is -2.03. The van der Waals surface area contributed by atoms with Crippen LogP contribution in [0.3, 0.4) is 0 Å². The molecule has 0 fully saturated rings. The van der Waals surface area contributed by atoms with Gasteiger partial charge in [-0.3, -0.25) is 4.79 Å². The van der Waals surface area contributed by atoms with E-state index in [4.69, 9.17) is 10.4 Å². The van der Waals surface area contributed by atoms with E-state index in [9.17, 15) is 9.18 Å². The summed E-state index contributed by atoms with van der Waals surface area (Å²) in [5, 5.41) is 17.1. The lowest BCUT2D eigenvalue weighted by Crippen LogP contribution is -2.03. The van der Waals surface area contributed by atoms with Gasteiger partial charge in [-0.2, -0.15) is 5.26 Å². The summed E-state index contributed by atoms with van der Waals surface area (Å²) in [5.41, 5.74) is 0.862. The summed E-state index contributed by atoms with van der Waals surface area (Å²) in [4.78, 5) is 10.4.